The summed E-state index contributed by atoms with van der Waals surface area (Å²) in [4.78, 5) is 12.6. The largest absolute Gasteiger partial charge is 0.338 e. The topological polar surface area (TPSA) is 74.7 Å². The van der Waals surface area contributed by atoms with Crippen molar-refractivity contribution >= 4 is 16.0 Å². The van der Waals surface area contributed by atoms with Gasteiger partial charge in [0.2, 0.25) is 5.91 Å². The summed E-state index contributed by atoms with van der Waals surface area (Å²) in [6.07, 6.45) is 3.38. The molecule has 0 fully saturated rings. The Kier molecular flexibility index (Phi) is 6.28. The second-order valence-electron chi connectivity index (χ2n) is 3.70. The molecule has 1 amide bonds. The van der Waals surface area contributed by atoms with Crippen molar-refractivity contribution in [3.05, 3.63) is 12.7 Å². The summed E-state index contributed by atoms with van der Waals surface area (Å²) < 4.78 is 30.4. The highest BCUT2D eigenvalue weighted by Crippen LogP contribution is 2.10. The van der Waals surface area contributed by atoms with Crippen LogP contribution >= 0.6 is 0 Å². The molecule has 16 heavy (non-hydrogen) atoms. The number of carbonyl (C=O) groups is 1. The van der Waals surface area contributed by atoms with E-state index < -0.39 is 21.9 Å². The summed E-state index contributed by atoms with van der Waals surface area (Å²) in [5, 5.41) is 0. The smallest absolute Gasteiger partial charge is 0.266 e. The molecule has 1 unspecified atom stereocenters. The Labute approximate surface area is 96.9 Å². The summed E-state index contributed by atoms with van der Waals surface area (Å²) in [7, 11) is -2.56. The normalized spacial score (nSPS) is 13.2. The minimum absolute atomic E-state index is 0.343. The average molecular weight is 249 g/mol. The minimum Gasteiger partial charge on any atom is -0.338 e. The first kappa shape index (κ1) is 15.1. The van der Waals surface area contributed by atoms with Crippen molar-refractivity contribution < 1.29 is 17.8 Å². The second kappa shape index (κ2) is 6.65. The standard InChI is InChI=1S/C10H19NO4S/c1-4-6-7-9(8-16(13,14)15)11(3)10(12)5-2/h5,9H,2,4,6-8H2,1,3H3,(H,13,14,15). The lowest BCUT2D eigenvalue weighted by Gasteiger charge is -2.26. The highest BCUT2D eigenvalue weighted by atomic mass is 32.2. The van der Waals surface area contributed by atoms with Gasteiger partial charge in [0, 0.05) is 13.1 Å². The van der Waals surface area contributed by atoms with Crippen molar-refractivity contribution in [1.82, 2.24) is 4.90 Å². The van der Waals surface area contributed by atoms with Crippen LogP contribution in [0.4, 0.5) is 0 Å². The van der Waals surface area contributed by atoms with E-state index >= 15 is 0 Å². The third-order valence-corrected chi connectivity index (χ3v) is 3.17. The fourth-order valence-corrected chi connectivity index (χ4v) is 2.27. The van der Waals surface area contributed by atoms with E-state index in [0.717, 1.165) is 18.9 Å². The van der Waals surface area contributed by atoms with Crippen LogP contribution in [0.2, 0.25) is 0 Å². The van der Waals surface area contributed by atoms with Crippen molar-refractivity contribution in [2.24, 2.45) is 0 Å². The number of unbranched alkanes of at least 4 members (excludes halogenated alkanes) is 1. The molecule has 0 radical (unpaired) electrons. The van der Waals surface area contributed by atoms with Crippen molar-refractivity contribution in [3.8, 4) is 0 Å². The summed E-state index contributed by atoms with van der Waals surface area (Å²) in [5.41, 5.74) is 0. The molecule has 0 rings (SSSR count). The van der Waals surface area contributed by atoms with E-state index in [0.29, 0.717) is 6.42 Å². The molecule has 0 heterocycles. The third kappa shape index (κ3) is 5.87. The number of hydrogen-bond acceptors (Lipinski definition) is 3. The molecule has 1 atom stereocenters. The van der Waals surface area contributed by atoms with E-state index in [9.17, 15) is 13.2 Å². The number of nitrogens with zero attached hydrogens (tertiary/aromatic N) is 1. The molecular formula is C10H19NO4S. The zero-order valence-corrected chi connectivity index (χ0v) is 10.5. The highest BCUT2D eigenvalue weighted by Gasteiger charge is 2.22. The first-order valence-corrected chi connectivity index (χ1v) is 6.77. The maximum Gasteiger partial charge on any atom is 0.266 e. The number of hydrogen-bond donors (Lipinski definition) is 1. The Hall–Kier alpha value is -0.880. The van der Waals surface area contributed by atoms with Crippen LogP contribution in [0.5, 0.6) is 0 Å². The van der Waals surface area contributed by atoms with Crippen LogP contribution in [0.3, 0.4) is 0 Å². The van der Waals surface area contributed by atoms with Gasteiger partial charge in [-0.2, -0.15) is 8.42 Å². The maximum atomic E-state index is 11.3. The van der Waals surface area contributed by atoms with E-state index in [1.807, 2.05) is 6.92 Å². The van der Waals surface area contributed by atoms with Crippen molar-refractivity contribution in [1.29, 1.82) is 0 Å². The fraction of sp³-hybridized carbons (Fsp3) is 0.700. The molecule has 6 heteroatoms. The minimum atomic E-state index is -4.07. The summed E-state index contributed by atoms with van der Waals surface area (Å²) in [6.45, 7) is 5.31. The van der Waals surface area contributed by atoms with Crippen molar-refractivity contribution in [3.63, 3.8) is 0 Å². The van der Waals surface area contributed by atoms with Crippen LogP contribution < -0.4 is 0 Å². The average Bonchev–Trinajstić information content (AvgIpc) is 2.20. The Morgan fingerprint density at radius 2 is 2.12 bits per heavy atom. The van der Waals surface area contributed by atoms with Gasteiger partial charge in [-0.3, -0.25) is 9.35 Å². The lowest BCUT2D eigenvalue weighted by atomic mass is 10.1. The van der Waals surface area contributed by atoms with Crippen LogP contribution in [0.1, 0.15) is 26.2 Å². The van der Waals surface area contributed by atoms with Crippen LogP contribution in [0, 0.1) is 0 Å². The molecule has 0 aliphatic rings. The van der Waals surface area contributed by atoms with Crippen LogP contribution in [-0.4, -0.2) is 42.6 Å². The molecule has 0 spiro atoms. The Morgan fingerprint density at radius 3 is 2.50 bits per heavy atom. The molecule has 0 saturated heterocycles. The molecule has 0 aromatic heterocycles. The van der Waals surface area contributed by atoms with Gasteiger partial charge in [-0.05, 0) is 12.5 Å². The fourth-order valence-electron chi connectivity index (χ4n) is 1.40. The van der Waals surface area contributed by atoms with Crippen LogP contribution in [-0.2, 0) is 14.9 Å². The van der Waals surface area contributed by atoms with Gasteiger partial charge in [0.1, 0.15) is 0 Å². The summed E-state index contributed by atoms with van der Waals surface area (Å²) >= 11 is 0. The van der Waals surface area contributed by atoms with E-state index in [1.165, 1.54) is 11.9 Å². The lowest BCUT2D eigenvalue weighted by Crippen LogP contribution is -2.40. The van der Waals surface area contributed by atoms with E-state index in [4.69, 9.17) is 4.55 Å². The van der Waals surface area contributed by atoms with Crippen LogP contribution in [0.25, 0.3) is 0 Å². The molecule has 0 bridgehead atoms. The maximum absolute atomic E-state index is 11.3. The van der Waals surface area contributed by atoms with E-state index in [1.54, 1.807) is 0 Å². The number of rotatable bonds is 7. The van der Waals surface area contributed by atoms with Crippen molar-refractivity contribution in [2.45, 2.75) is 32.2 Å². The molecule has 0 aliphatic heterocycles. The van der Waals surface area contributed by atoms with Gasteiger partial charge < -0.3 is 4.90 Å². The predicted molar refractivity (Wildman–Crippen MR) is 62.7 cm³/mol. The third-order valence-electron chi connectivity index (χ3n) is 2.36. The molecule has 0 saturated carbocycles. The van der Waals surface area contributed by atoms with Gasteiger partial charge in [0.15, 0.2) is 0 Å². The van der Waals surface area contributed by atoms with E-state index in [-0.39, 0.29) is 5.91 Å². The zero-order valence-electron chi connectivity index (χ0n) is 9.72. The Bertz CT molecular complexity index is 337. The zero-order chi connectivity index (χ0) is 12.8. The van der Waals surface area contributed by atoms with Gasteiger partial charge in [-0.15, -0.1) is 0 Å². The van der Waals surface area contributed by atoms with Gasteiger partial charge >= 0.3 is 0 Å². The molecule has 1 N–H and O–H groups in total. The Balaban J connectivity index is 4.65. The molecule has 0 aromatic carbocycles. The first-order valence-electron chi connectivity index (χ1n) is 5.16. The molecule has 94 valence electrons. The second-order valence-corrected chi connectivity index (χ2v) is 5.20. The number of amides is 1. The van der Waals surface area contributed by atoms with Gasteiger partial charge in [-0.1, -0.05) is 26.3 Å². The van der Waals surface area contributed by atoms with E-state index in [2.05, 4.69) is 6.58 Å². The molecular weight excluding hydrogens is 230 g/mol. The molecule has 0 aromatic rings. The summed E-state index contributed by atoms with van der Waals surface area (Å²) in [6, 6.07) is -0.500. The summed E-state index contributed by atoms with van der Waals surface area (Å²) in [5.74, 6) is -0.770. The SMILES string of the molecule is C=CC(=O)N(C)C(CCCC)CS(=O)(=O)O. The molecule has 5 nitrogen and oxygen atoms in total. The van der Waals surface area contributed by atoms with Gasteiger partial charge in [0.05, 0.1) is 5.75 Å². The monoisotopic (exact) mass is 249 g/mol. The lowest BCUT2D eigenvalue weighted by molar-refractivity contribution is -0.126. The van der Waals surface area contributed by atoms with Crippen LogP contribution in [0.15, 0.2) is 12.7 Å². The molecule has 0 aliphatic carbocycles. The van der Waals surface area contributed by atoms with Crippen molar-refractivity contribution in [2.75, 3.05) is 12.8 Å². The first-order chi connectivity index (χ1) is 7.31. The number of likely N-dealkylation sites (N-methyl/N-ethyl adjacent to an activating group) is 1. The van der Waals surface area contributed by atoms with Gasteiger partial charge in [0.25, 0.3) is 10.1 Å². The number of carbonyl (C=O) groups excluding carboxylic acids is 1. The predicted octanol–water partition coefficient (Wildman–Crippen LogP) is 1.08. The Morgan fingerprint density at radius 1 is 1.56 bits per heavy atom. The quantitative estimate of drug-likeness (QED) is 0.541. The highest BCUT2D eigenvalue weighted by molar-refractivity contribution is 7.85. The van der Waals surface area contributed by atoms with Gasteiger partial charge in [-0.25, -0.2) is 0 Å².